The summed E-state index contributed by atoms with van der Waals surface area (Å²) < 4.78 is 5.67. The van der Waals surface area contributed by atoms with E-state index in [9.17, 15) is 0 Å². The van der Waals surface area contributed by atoms with Crippen LogP contribution >= 0.6 is 0 Å². The van der Waals surface area contributed by atoms with E-state index < -0.39 is 0 Å². The monoisotopic (exact) mass is 322 g/mol. The number of hydrogen-bond acceptors (Lipinski definition) is 5. The molecule has 0 aliphatic rings. The Balaban J connectivity index is 1.61. The third-order valence-electron chi connectivity index (χ3n) is 3.66. The fourth-order valence-electron chi connectivity index (χ4n) is 2.33. The summed E-state index contributed by atoms with van der Waals surface area (Å²) in [7, 11) is 4.04. The van der Waals surface area contributed by atoms with Crippen LogP contribution in [0.5, 0.6) is 5.88 Å². The standard InChI is InChI=1S/C19H22N4O/c1-23(2)11-12-24-19-13-15(9-10-20-19)14-21-18-8-7-16-5-3-4-6-17(16)22-18/h3-10,13H,11-12,14H2,1-2H3,(H,21,22). The highest BCUT2D eigenvalue weighted by atomic mass is 16.5. The van der Waals surface area contributed by atoms with Crippen molar-refractivity contribution in [2.24, 2.45) is 0 Å². The Morgan fingerprint density at radius 3 is 2.83 bits per heavy atom. The van der Waals surface area contributed by atoms with Crippen molar-refractivity contribution in [1.82, 2.24) is 14.9 Å². The first kappa shape index (κ1) is 16.2. The minimum atomic E-state index is 0.628. The number of rotatable bonds is 7. The van der Waals surface area contributed by atoms with E-state index in [2.05, 4.69) is 32.3 Å². The van der Waals surface area contributed by atoms with E-state index in [-0.39, 0.29) is 0 Å². The number of fused-ring (bicyclic) bond motifs is 1. The molecule has 3 rings (SSSR count). The SMILES string of the molecule is CN(C)CCOc1cc(CNc2ccc3ccccc3n2)ccn1. The number of aromatic nitrogens is 2. The summed E-state index contributed by atoms with van der Waals surface area (Å²) in [6, 6.07) is 16.1. The van der Waals surface area contributed by atoms with Gasteiger partial charge in [-0.05, 0) is 43.9 Å². The number of pyridine rings is 2. The molecule has 0 aliphatic carbocycles. The van der Waals surface area contributed by atoms with Crippen LogP contribution in [0, 0.1) is 0 Å². The van der Waals surface area contributed by atoms with Crippen LogP contribution in [-0.2, 0) is 6.54 Å². The third-order valence-corrected chi connectivity index (χ3v) is 3.66. The summed E-state index contributed by atoms with van der Waals surface area (Å²) in [5.41, 5.74) is 2.10. The fourth-order valence-corrected chi connectivity index (χ4v) is 2.33. The average Bonchev–Trinajstić information content (AvgIpc) is 2.60. The molecule has 0 saturated carbocycles. The molecule has 0 radical (unpaired) electrons. The van der Waals surface area contributed by atoms with Crippen molar-refractivity contribution >= 4 is 16.7 Å². The highest BCUT2D eigenvalue weighted by Gasteiger charge is 2.01. The molecular formula is C19H22N4O. The van der Waals surface area contributed by atoms with Gasteiger partial charge in [0, 0.05) is 30.7 Å². The van der Waals surface area contributed by atoms with Gasteiger partial charge in [-0.15, -0.1) is 0 Å². The summed E-state index contributed by atoms with van der Waals surface area (Å²) in [5.74, 6) is 1.52. The molecule has 0 bridgehead atoms. The lowest BCUT2D eigenvalue weighted by atomic mass is 10.2. The Bertz CT molecular complexity index is 804. The Kier molecular flexibility index (Phi) is 5.23. The first-order chi connectivity index (χ1) is 11.7. The van der Waals surface area contributed by atoms with Gasteiger partial charge in [-0.2, -0.15) is 0 Å². The van der Waals surface area contributed by atoms with Crippen molar-refractivity contribution in [3.05, 3.63) is 60.3 Å². The molecule has 5 nitrogen and oxygen atoms in total. The van der Waals surface area contributed by atoms with Crippen LogP contribution < -0.4 is 10.1 Å². The molecule has 124 valence electrons. The summed E-state index contributed by atoms with van der Waals surface area (Å²) in [5, 5.41) is 4.49. The topological polar surface area (TPSA) is 50.3 Å². The van der Waals surface area contributed by atoms with E-state index in [0.29, 0.717) is 19.0 Å². The predicted molar refractivity (Wildman–Crippen MR) is 97.4 cm³/mol. The molecule has 0 fully saturated rings. The molecule has 0 spiro atoms. The van der Waals surface area contributed by atoms with E-state index in [0.717, 1.165) is 28.8 Å². The zero-order valence-corrected chi connectivity index (χ0v) is 14.1. The van der Waals surface area contributed by atoms with Crippen molar-refractivity contribution in [1.29, 1.82) is 0 Å². The Morgan fingerprint density at radius 2 is 1.96 bits per heavy atom. The van der Waals surface area contributed by atoms with Crippen LogP contribution in [0.15, 0.2) is 54.7 Å². The van der Waals surface area contributed by atoms with Gasteiger partial charge in [0.2, 0.25) is 5.88 Å². The van der Waals surface area contributed by atoms with Crippen molar-refractivity contribution in [2.75, 3.05) is 32.6 Å². The summed E-state index contributed by atoms with van der Waals surface area (Å²) >= 11 is 0. The number of anilines is 1. The van der Waals surface area contributed by atoms with Gasteiger partial charge in [0.25, 0.3) is 0 Å². The first-order valence-electron chi connectivity index (χ1n) is 8.03. The zero-order valence-electron chi connectivity index (χ0n) is 14.1. The second-order valence-corrected chi connectivity index (χ2v) is 5.90. The summed E-state index contributed by atoms with van der Waals surface area (Å²) in [6.07, 6.45) is 1.77. The summed E-state index contributed by atoms with van der Waals surface area (Å²) in [6.45, 7) is 2.17. The van der Waals surface area contributed by atoms with Crippen LogP contribution in [0.25, 0.3) is 10.9 Å². The maximum absolute atomic E-state index is 5.67. The molecule has 5 heteroatoms. The fraction of sp³-hybridized carbons (Fsp3) is 0.263. The van der Waals surface area contributed by atoms with Crippen molar-refractivity contribution in [3.63, 3.8) is 0 Å². The van der Waals surface area contributed by atoms with Gasteiger partial charge in [0.1, 0.15) is 12.4 Å². The van der Waals surface area contributed by atoms with Gasteiger partial charge in [0.05, 0.1) is 5.52 Å². The molecule has 24 heavy (non-hydrogen) atoms. The molecule has 2 heterocycles. The molecule has 1 N–H and O–H groups in total. The largest absolute Gasteiger partial charge is 0.476 e. The van der Waals surface area contributed by atoms with Crippen LogP contribution in [0.1, 0.15) is 5.56 Å². The molecule has 0 atom stereocenters. The lowest BCUT2D eigenvalue weighted by molar-refractivity contribution is 0.253. The molecule has 0 saturated heterocycles. The molecule has 2 aromatic heterocycles. The van der Waals surface area contributed by atoms with E-state index >= 15 is 0 Å². The van der Waals surface area contributed by atoms with Gasteiger partial charge in [-0.1, -0.05) is 18.2 Å². The molecular weight excluding hydrogens is 300 g/mol. The smallest absolute Gasteiger partial charge is 0.213 e. The van der Waals surface area contributed by atoms with Gasteiger partial charge < -0.3 is 15.0 Å². The normalized spacial score (nSPS) is 11.0. The first-order valence-corrected chi connectivity index (χ1v) is 8.03. The quantitative estimate of drug-likeness (QED) is 0.724. The molecule has 0 amide bonds. The average molecular weight is 322 g/mol. The number of nitrogens with zero attached hydrogens (tertiary/aromatic N) is 3. The molecule has 3 aromatic rings. The minimum absolute atomic E-state index is 0.628. The lowest BCUT2D eigenvalue weighted by Gasteiger charge is -2.11. The van der Waals surface area contributed by atoms with Gasteiger partial charge >= 0.3 is 0 Å². The Labute approximate surface area is 142 Å². The van der Waals surface area contributed by atoms with Crippen molar-refractivity contribution < 1.29 is 4.74 Å². The van der Waals surface area contributed by atoms with Crippen LogP contribution in [0.2, 0.25) is 0 Å². The van der Waals surface area contributed by atoms with Crippen LogP contribution in [0.4, 0.5) is 5.82 Å². The number of benzene rings is 1. The molecule has 0 unspecified atom stereocenters. The highest BCUT2D eigenvalue weighted by Crippen LogP contribution is 2.16. The van der Waals surface area contributed by atoms with Crippen molar-refractivity contribution in [2.45, 2.75) is 6.54 Å². The van der Waals surface area contributed by atoms with E-state index in [1.165, 1.54) is 0 Å². The lowest BCUT2D eigenvalue weighted by Crippen LogP contribution is -2.19. The second kappa shape index (κ2) is 7.75. The van der Waals surface area contributed by atoms with Gasteiger partial charge in [0.15, 0.2) is 0 Å². The maximum Gasteiger partial charge on any atom is 0.213 e. The van der Waals surface area contributed by atoms with E-state index in [1.54, 1.807) is 6.20 Å². The maximum atomic E-state index is 5.67. The molecule has 0 aliphatic heterocycles. The van der Waals surface area contributed by atoms with Crippen LogP contribution in [-0.4, -0.2) is 42.1 Å². The number of ether oxygens (including phenoxy) is 1. The minimum Gasteiger partial charge on any atom is -0.476 e. The number of likely N-dealkylation sites (N-methyl/N-ethyl adjacent to an activating group) is 1. The Hall–Kier alpha value is -2.66. The van der Waals surface area contributed by atoms with Gasteiger partial charge in [-0.3, -0.25) is 0 Å². The molecule has 1 aromatic carbocycles. The predicted octanol–water partition coefficient (Wildman–Crippen LogP) is 3.18. The number of para-hydroxylation sites is 1. The van der Waals surface area contributed by atoms with E-state index in [1.807, 2.05) is 50.5 Å². The van der Waals surface area contributed by atoms with Gasteiger partial charge in [-0.25, -0.2) is 9.97 Å². The second-order valence-electron chi connectivity index (χ2n) is 5.90. The third kappa shape index (κ3) is 4.43. The van der Waals surface area contributed by atoms with Crippen LogP contribution in [0.3, 0.4) is 0 Å². The Morgan fingerprint density at radius 1 is 1.08 bits per heavy atom. The highest BCUT2D eigenvalue weighted by molar-refractivity contribution is 5.80. The van der Waals surface area contributed by atoms with Crippen molar-refractivity contribution in [3.8, 4) is 5.88 Å². The zero-order chi connectivity index (χ0) is 16.8. The summed E-state index contributed by atoms with van der Waals surface area (Å²) in [4.78, 5) is 10.9. The number of nitrogens with one attached hydrogen (secondary N) is 1. The van der Waals surface area contributed by atoms with E-state index in [4.69, 9.17) is 4.74 Å². The number of hydrogen-bond donors (Lipinski definition) is 1.